The van der Waals surface area contributed by atoms with Crippen LogP contribution in [0.15, 0.2) is 23.1 Å². The molecule has 1 heterocycles. The Kier molecular flexibility index (Phi) is 2.11. The van der Waals surface area contributed by atoms with Gasteiger partial charge >= 0.3 is 0 Å². The van der Waals surface area contributed by atoms with Gasteiger partial charge in [-0.25, -0.2) is 0 Å². The van der Waals surface area contributed by atoms with Crippen molar-refractivity contribution in [1.29, 1.82) is 0 Å². The van der Waals surface area contributed by atoms with Crippen LogP contribution in [-0.2, 0) is 0 Å². The molecule has 1 aliphatic carbocycles. The van der Waals surface area contributed by atoms with Gasteiger partial charge in [0, 0.05) is 23.9 Å². The van der Waals surface area contributed by atoms with Crippen LogP contribution in [0, 0.1) is 5.92 Å². The third kappa shape index (κ3) is 1.84. The molecule has 0 aromatic carbocycles. The van der Waals surface area contributed by atoms with Gasteiger partial charge in [0.15, 0.2) is 0 Å². The van der Waals surface area contributed by atoms with Crippen LogP contribution in [0.2, 0.25) is 0 Å². The Hall–Kier alpha value is -1.58. The number of carbonyl (C=O) groups is 1. The molecule has 1 aliphatic rings. The van der Waals surface area contributed by atoms with Crippen molar-refractivity contribution in [2.75, 3.05) is 0 Å². The lowest BCUT2D eigenvalue weighted by Crippen LogP contribution is -2.27. The smallest absolute Gasteiger partial charge is 0.251 e. The molecule has 14 heavy (non-hydrogen) atoms. The number of rotatable bonds is 2. The largest absolute Gasteiger partial charge is 0.349 e. The quantitative estimate of drug-likeness (QED) is 0.717. The zero-order valence-electron chi connectivity index (χ0n) is 7.91. The highest BCUT2D eigenvalue weighted by atomic mass is 16.2. The third-order valence-corrected chi connectivity index (χ3v) is 2.46. The Balaban J connectivity index is 2.07. The summed E-state index contributed by atoms with van der Waals surface area (Å²) in [5.41, 5.74) is 0.175. The molecule has 2 unspecified atom stereocenters. The molecule has 1 fully saturated rings. The minimum Gasteiger partial charge on any atom is -0.349 e. The average Bonchev–Trinajstić information content (AvgIpc) is 2.81. The molecule has 1 amide bonds. The first-order chi connectivity index (χ1) is 6.66. The van der Waals surface area contributed by atoms with E-state index in [1.54, 1.807) is 6.07 Å². The minimum atomic E-state index is -0.249. The minimum absolute atomic E-state index is 0.162. The summed E-state index contributed by atoms with van der Waals surface area (Å²) in [6.45, 7) is 2.09. The molecule has 2 rings (SSSR count). The first-order valence-corrected chi connectivity index (χ1v) is 4.66. The Morgan fingerprint density at radius 1 is 1.64 bits per heavy atom. The standard InChI is InChI=1S/C10H12N2O2/c1-6-4-8(6)12-10(14)7-2-3-11-9(13)5-7/h2-3,5-6,8H,4H2,1H3,(H,11,13)(H,12,14). The summed E-state index contributed by atoms with van der Waals surface area (Å²) in [4.78, 5) is 24.9. The van der Waals surface area contributed by atoms with Gasteiger partial charge in [-0.15, -0.1) is 0 Å². The Labute approximate surface area is 81.3 Å². The molecule has 1 saturated carbocycles. The molecule has 0 bridgehead atoms. The second kappa shape index (κ2) is 3.29. The monoisotopic (exact) mass is 192 g/mol. The summed E-state index contributed by atoms with van der Waals surface area (Å²) >= 11 is 0. The SMILES string of the molecule is CC1CC1NC(=O)c1cc[nH]c(=O)c1. The molecule has 4 heteroatoms. The van der Waals surface area contributed by atoms with Crippen molar-refractivity contribution < 1.29 is 4.79 Å². The summed E-state index contributed by atoms with van der Waals surface area (Å²) in [5, 5.41) is 2.86. The molecule has 2 atom stereocenters. The van der Waals surface area contributed by atoms with E-state index in [0.29, 0.717) is 17.5 Å². The van der Waals surface area contributed by atoms with Gasteiger partial charge in [0.05, 0.1) is 0 Å². The van der Waals surface area contributed by atoms with Gasteiger partial charge in [-0.3, -0.25) is 9.59 Å². The van der Waals surface area contributed by atoms with E-state index < -0.39 is 0 Å². The molecule has 74 valence electrons. The molecular weight excluding hydrogens is 180 g/mol. The zero-order valence-corrected chi connectivity index (χ0v) is 7.91. The first kappa shape index (κ1) is 8.99. The summed E-state index contributed by atoms with van der Waals surface area (Å²) < 4.78 is 0. The highest BCUT2D eigenvalue weighted by Crippen LogP contribution is 2.29. The molecule has 1 aromatic rings. The highest BCUT2D eigenvalue weighted by Gasteiger charge is 2.33. The van der Waals surface area contributed by atoms with E-state index >= 15 is 0 Å². The molecular formula is C10H12N2O2. The van der Waals surface area contributed by atoms with E-state index in [0.717, 1.165) is 6.42 Å². The van der Waals surface area contributed by atoms with Crippen LogP contribution in [0.25, 0.3) is 0 Å². The number of H-pyrrole nitrogens is 1. The fraction of sp³-hybridized carbons (Fsp3) is 0.400. The highest BCUT2D eigenvalue weighted by molar-refractivity contribution is 5.94. The summed E-state index contributed by atoms with van der Waals surface area (Å²) in [7, 11) is 0. The van der Waals surface area contributed by atoms with Gasteiger partial charge in [-0.1, -0.05) is 6.92 Å². The van der Waals surface area contributed by atoms with Crippen LogP contribution < -0.4 is 10.9 Å². The lowest BCUT2D eigenvalue weighted by Gasteiger charge is -2.02. The number of carbonyl (C=O) groups excluding carboxylic acids is 1. The van der Waals surface area contributed by atoms with Crippen LogP contribution >= 0.6 is 0 Å². The van der Waals surface area contributed by atoms with Crippen LogP contribution in [-0.4, -0.2) is 16.9 Å². The number of pyridine rings is 1. The summed E-state index contributed by atoms with van der Waals surface area (Å²) in [5.74, 6) is 0.409. The Morgan fingerprint density at radius 2 is 2.36 bits per heavy atom. The Morgan fingerprint density at radius 3 is 2.93 bits per heavy atom. The van der Waals surface area contributed by atoms with Gasteiger partial charge in [-0.05, 0) is 18.4 Å². The number of hydrogen-bond donors (Lipinski definition) is 2. The lowest BCUT2D eigenvalue weighted by atomic mass is 10.2. The first-order valence-electron chi connectivity index (χ1n) is 4.66. The number of hydrogen-bond acceptors (Lipinski definition) is 2. The van der Waals surface area contributed by atoms with Crippen LogP contribution in [0.5, 0.6) is 0 Å². The number of aromatic amines is 1. The number of aromatic nitrogens is 1. The summed E-state index contributed by atoms with van der Waals surface area (Å²) in [6, 6.07) is 3.20. The summed E-state index contributed by atoms with van der Waals surface area (Å²) in [6.07, 6.45) is 2.52. The van der Waals surface area contributed by atoms with Gasteiger partial charge in [-0.2, -0.15) is 0 Å². The Bertz CT molecular complexity index is 411. The number of nitrogens with one attached hydrogen (secondary N) is 2. The third-order valence-electron chi connectivity index (χ3n) is 2.46. The van der Waals surface area contributed by atoms with Crippen LogP contribution in [0.1, 0.15) is 23.7 Å². The second-order valence-corrected chi connectivity index (χ2v) is 3.73. The molecule has 0 aliphatic heterocycles. The van der Waals surface area contributed by atoms with Crippen molar-refractivity contribution in [2.45, 2.75) is 19.4 Å². The lowest BCUT2D eigenvalue weighted by molar-refractivity contribution is 0.0949. The van der Waals surface area contributed by atoms with E-state index in [-0.39, 0.29) is 11.5 Å². The maximum absolute atomic E-state index is 11.5. The second-order valence-electron chi connectivity index (χ2n) is 3.73. The van der Waals surface area contributed by atoms with Crippen molar-refractivity contribution in [3.8, 4) is 0 Å². The molecule has 4 nitrogen and oxygen atoms in total. The van der Waals surface area contributed by atoms with Gasteiger partial charge in [0.25, 0.3) is 5.91 Å². The van der Waals surface area contributed by atoms with Crippen molar-refractivity contribution in [2.24, 2.45) is 5.92 Å². The van der Waals surface area contributed by atoms with E-state index in [2.05, 4.69) is 17.2 Å². The molecule has 0 saturated heterocycles. The number of amides is 1. The van der Waals surface area contributed by atoms with Crippen molar-refractivity contribution in [3.05, 3.63) is 34.2 Å². The predicted molar refractivity (Wildman–Crippen MR) is 52.1 cm³/mol. The van der Waals surface area contributed by atoms with Crippen LogP contribution in [0.4, 0.5) is 0 Å². The fourth-order valence-corrected chi connectivity index (χ4v) is 1.36. The van der Waals surface area contributed by atoms with E-state index in [1.165, 1.54) is 12.3 Å². The van der Waals surface area contributed by atoms with Crippen LogP contribution in [0.3, 0.4) is 0 Å². The molecule has 0 spiro atoms. The average molecular weight is 192 g/mol. The van der Waals surface area contributed by atoms with Gasteiger partial charge < -0.3 is 10.3 Å². The van der Waals surface area contributed by atoms with Crippen molar-refractivity contribution in [3.63, 3.8) is 0 Å². The molecule has 2 N–H and O–H groups in total. The van der Waals surface area contributed by atoms with Crippen molar-refractivity contribution >= 4 is 5.91 Å². The normalized spacial score (nSPS) is 24.4. The topological polar surface area (TPSA) is 62.0 Å². The molecule has 0 radical (unpaired) electrons. The maximum atomic E-state index is 11.5. The van der Waals surface area contributed by atoms with Crippen molar-refractivity contribution in [1.82, 2.24) is 10.3 Å². The van der Waals surface area contributed by atoms with Gasteiger partial charge in [0.2, 0.25) is 5.56 Å². The van der Waals surface area contributed by atoms with E-state index in [9.17, 15) is 9.59 Å². The fourth-order valence-electron chi connectivity index (χ4n) is 1.36. The zero-order chi connectivity index (χ0) is 10.1. The van der Waals surface area contributed by atoms with Gasteiger partial charge in [0.1, 0.15) is 0 Å². The van der Waals surface area contributed by atoms with E-state index in [4.69, 9.17) is 0 Å². The van der Waals surface area contributed by atoms with E-state index in [1.807, 2.05) is 0 Å². The maximum Gasteiger partial charge on any atom is 0.251 e. The molecule has 1 aromatic heterocycles. The predicted octanol–water partition coefficient (Wildman–Crippen LogP) is 0.513.